The van der Waals surface area contributed by atoms with Gasteiger partial charge in [-0.05, 0) is 49.2 Å². The van der Waals surface area contributed by atoms with E-state index in [4.69, 9.17) is 11.6 Å². The number of halogens is 2. The van der Waals surface area contributed by atoms with Gasteiger partial charge >= 0.3 is 0 Å². The van der Waals surface area contributed by atoms with Gasteiger partial charge in [0.1, 0.15) is 17.9 Å². The van der Waals surface area contributed by atoms with Gasteiger partial charge in [0, 0.05) is 11.5 Å². The summed E-state index contributed by atoms with van der Waals surface area (Å²) in [6.45, 7) is 4.10. The molecular formula is C16H15Cl2N3O. The molecule has 0 saturated carbocycles. The summed E-state index contributed by atoms with van der Waals surface area (Å²) in [5.74, 6) is 0.808. The van der Waals surface area contributed by atoms with Crippen molar-refractivity contribution in [3.8, 4) is 5.75 Å². The summed E-state index contributed by atoms with van der Waals surface area (Å²) in [7, 11) is 0. The van der Waals surface area contributed by atoms with E-state index in [2.05, 4.69) is 22.2 Å². The number of nitrogens with one attached hydrogen (secondary N) is 1. The first-order valence-electron chi connectivity index (χ1n) is 6.52. The lowest BCUT2D eigenvalue weighted by Crippen LogP contribution is -1.97. The molecule has 0 atom stereocenters. The average Bonchev–Trinajstić information content (AvgIpc) is 2.45. The second kappa shape index (κ2) is 6.38. The molecule has 0 radical (unpaired) electrons. The van der Waals surface area contributed by atoms with Crippen molar-refractivity contribution in [1.82, 2.24) is 9.97 Å². The number of hydrogen-bond acceptors (Lipinski definition) is 4. The van der Waals surface area contributed by atoms with Crippen LogP contribution < -0.4 is 5.32 Å². The van der Waals surface area contributed by atoms with Crippen LogP contribution in [-0.4, -0.2) is 15.1 Å². The van der Waals surface area contributed by atoms with Crippen molar-refractivity contribution in [1.29, 1.82) is 0 Å². The molecule has 0 amide bonds. The number of phenolic OH excluding ortho intramolecular Hbond substituents is 1. The minimum atomic E-state index is 0. The van der Waals surface area contributed by atoms with Crippen LogP contribution in [-0.2, 0) is 0 Å². The van der Waals surface area contributed by atoms with Gasteiger partial charge in [-0.2, -0.15) is 0 Å². The number of hydrogen-bond donors (Lipinski definition) is 2. The Morgan fingerprint density at radius 3 is 2.55 bits per heavy atom. The van der Waals surface area contributed by atoms with Crippen LogP contribution in [0.1, 0.15) is 11.1 Å². The van der Waals surface area contributed by atoms with Crippen molar-refractivity contribution in [2.75, 3.05) is 5.32 Å². The van der Waals surface area contributed by atoms with Gasteiger partial charge in [0.2, 0.25) is 0 Å². The van der Waals surface area contributed by atoms with Crippen molar-refractivity contribution in [2.24, 2.45) is 0 Å². The zero-order valence-corrected chi connectivity index (χ0v) is 13.7. The highest BCUT2D eigenvalue weighted by atomic mass is 35.5. The monoisotopic (exact) mass is 335 g/mol. The zero-order valence-electron chi connectivity index (χ0n) is 12.1. The molecule has 4 nitrogen and oxygen atoms in total. The summed E-state index contributed by atoms with van der Waals surface area (Å²) in [6, 6.07) is 8.82. The maximum absolute atomic E-state index is 9.58. The second-order valence-electron chi connectivity index (χ2n) is 4.97. The van der Waals surface area contributed by atoms with E-state index in [0.29, 0.717) is 16.5 Å². The molecule has 6 heteroatoms. The fraction of sp³-hybridized carbons (Fsp3) is 0.125. The summed E-state index contributed by atoms with van der Waals surface area (Å²) in [5.41, 5.74) is 3.83. The summed E-state index contributed by atoms with van der Waals surface area (Å²) < 4.78 is 0. The Balaban J connectivity index is 0.00000176. The van der Waals surface area contributed by atoms with E-state index in [1.165, 1.54) is 17.5 Å². The van der Waals surface area contributed by atoms with E-state index in [0.717, 1.165) is 10.9 Å². The highest BCUT2D eigenvalue weighted by Crippen LogP contribution is 2.31. The maximum Gasteiger partial charge on any atom is 0.141 e. The van der Waals surface area contributed by atoms with Crippen LogP contribution in [0.3, 0.4) is 0 Å². The highest BCUT2D eigenvalue weighted by molar-refractivity contribution is 6.33. The van der Waals surface area contributed by atoms with E-state index in [-0.39, 0.29) is 18.2 Å². The van der Waals surface area contributed by atoms with E-state index < -0.39 is 0 Å². The molecule has 0 saturated heterocycles. The number of aromatic nitrogens is 2. The molecule has 0 fully saturated rings. The Hall–Kier alpha value is -2.04. The number of aromatic hydroxyl groups is 1. The number of nitrogens with zero attached hydrogens (tertiary/aromatic N) is 2. The number of rotatable bonds is 2. The molecule has 0 bridgehead atoms. The lowest BCUT2D eigenvalue weighted by atomic mass is 10.1. The fourth-order valence-electron chi connectivity index (χ4n) is 2.15. The summed E-state index contributed by atoms with van der Waals surface area (Å²) in [4.78, 5) is 8.57. The van der Waals surface area contributed by atoms with Crippen LogP contribution in [0.15, 0.2) is 36.7 Å². The largest absolute Gasteiger partial charge is 0.508 e. The highest BCUT2D eigenvalue weighted by Gasteiger charge is 2.08. The lowest BCUT2D eigenvalue weighted by Gasteiger charge is -2.11. The molecule has 3 aromatic rings. The number of fused-ring (bicyclic) bond motifs is 1. The number of phenols is 1. The summed E-state index contributed by atoms with van der Waals surface area (Å²) in [6.07, 6.45) is 1.51. The smallest absolute Gasteiger partial charge is 0.141 e. The van der Waals surface area contributed by atoms with Gasteiger partial charge in [-0.25, -0.2) is 9.97 Å². The Morgan fingerprint density at radius 1 is 1.05 bits per heavy atom. The summed E-state index contributed by atoms with van der Waals surface area (Å²) in [5, 5.41) is 14.2. The predicted octanol–water partition coefficient (Wildman–Crippen LogP) is 4.77. The third-order valence-electron chi connectivity index (χ3n) is 3.45. The van der Waals surface area contributed by atoms with Crippen LogP contribution in [0.25, 0.3) is 10.9 Å². The molecule has 0 aliphatic heterocycles. The topological polar surface area (TPSA) is 58.0 Å². The Morgan fingerprint density at radius 2 is 1.77 bits per heavy atom. The van der Waals surface area contributed by atoms with Crippen molar-refractivity contribution in [3.63, 3.8) is 0 Å². The third-order valence-corrected chi connectivity index (χ3v) is 3.78. The SMILES string of the molecule is Cc1cc2ncnc(Nc3cc(O)ccc3Cl)c2cc1C.Cl. The summed E-state index contributed by atoms with van der Waals surface area (Å²) >= 11 is 6.14. The van der Waals surface area contributed by atoms with Gasteiger partial charge < -0.3 is 10.4 Å². The van der Waals surface area contributed by atoms with Crippen LogP contribution in [0, 0.1) is 13.8 Å². The Bertz CT molecular complexity index is 837. The third kappa shape index (κ3) is 3.08. The molecular weight excluding hydrogens is 321 g/mol. The Labute approximate surface area is 139 Å². The molecule has 2 aromatic carbocycles. The van der Waals surface area contributed by atoms with Crippen molar-refractivity contribution in [3.05, 3.63) is 52.8 Å². The maximum atomic E-state index is 9.58. The Kier molecular flexibility index (Phi) is 4.74. The number of anilines is 2. The quantitative estimate of drug-likeness (QED) is 0.708. The van der Waals surface area contributed by atoms with Gasteiger partial charge in [-0.3, -0.25) is 0 Å². The van der Waals surface area contributed by atoms with E-state index in [1.807, 2.05) is 19.1 Å². The fourth-order valence-corrected chi connectivity index (χ4v) is 2.32. The van der Waals surface area contributed by atoms with Gasteiger partial charge in [0.15, 0.2) is 0 Å². The number of benzene rings is 2. The molecule has 1 aromatic heterocycles. The molecule has 3 rings (SSSR count). The van der Waals surface area contributed by atoms with Gasteiger partial charge in [0.25, 0.3) is 0 Å². The minimum absolute atomic E-state index is 0. The molecule has 0 aliphatic carbocycles. The van der Waals surface area contributed by atoms with Gasteiger partial charge in [-0.1, -0.05) is 11.6 Å². The molecule has 1 heterocycles. The normalized spacial score (nSPS) is 10.3. The van der Waals surface area contributed by atoms with E-state index in [1.54, 1.807) is 18.2 Å². The van der Waals surface area contributed by atoms with Crippen LogP contribution >= 0.6 is 24.0 Å². The van der Waals surface area contributed by atoms with Crippen molar-refractivity contribution >= 4 is 46.4 Å². The predicted molar refractivity (Wildman–Crippen MR) is 92.7 cm³/mol. The van der Waals surface area contributed by atoms with Crippen molar-refractivity contribution < 1.29 is 5.11 Å². The van der Waals surface area contributed by atoms with Crippen LogP contribution in [0.2, 0.25) is 5.02 Å². The van der Waals surface area contributed by atoms with Gasteiger partial charge in [-0.15, -0.1) is 12.4 Å². The molecule has 0 aliphatic rings. The van der Waals surface area contributed by atoms with Crippen LogP contribution in [0.5, 0.6) is 5.75 Å². The molecule has 114 valence electrons. The van der Waals surface area contributed by atoms with Crippen LogP contribution in [0.4, 0.5) is 11.5 Å². The first-order valence-corrected chi connectivity index (χ1v) is 6.90. The zero-order chi connectivity index (χ0) is 15.0. The first-order chi connectivity index (χ1) is 10.0. The lowest BCUT2D eigenvalue weighted by molar-refractivity contribution is 0.475. The molecule has 22 heavy (non-hydrogen) atoms. The molecule has 0 spiro atoms. The first kappa shape index (κ1) is 16.3. The van der Waals surface area contributed by atoms with Gasteiger partial charge in [0.05, 0.1) is 16.2 Å². The number of aryl methyl sites for hydroxylation is 2. The average molecular weight is 336 g/mol. The van der Waals surface area contributed by atoms with Crippen molar-refractivity contribution in [2.45, 2.75) is 13.8 Å². The van der Waals surface area contributed by atoms with E-state index >= 15 is 0 Å². The van der Waals surface area contributed by atoms with E-state index in [9.17, 15) is 5.11 Å². The minimum Gasteiger partial charge on any atom is -0.508 e. The molecule has 2 N–H and O–H groups in total. The standard InChI is InChI=1S/C16H14ClN3O.ClH/c1-9-5-12-14(6-10(9)2)18-8-19-16(12)20-15-7-11(21)3-4-13(15)17;/h3-8,21H,1-2H3,(H,18,19,20);1H. The molecule has 0 unspecified atom stereocenters. The second-order valence-corrected chi connectivity index (χ2v) is 5.37.